The number of aromatic nitrogens is 3. The van der Waals surface area contributed by atoms with Crippen molar-refractivity contribution in [3.8, 4) is 0 Å². The van der Waals surface area contributed by atoms with Crippen LogP contribution >= 0.6 is 0 Å². The molecule has 112 valence electrons. The highest BCUT2D eigenvalue weighted by atomic mass is 16.4. The zero-order chi connectivity index (χ0) is 15.7. The number of nitrogens with zero attached hydrogens (tertiary/aromatic N) is 2. The number of anilines is 1. The number of aryl methyl sites for hydroxylation is 2. The Morgan fingerprint density at radius 2 is 2.05 bits per heavy atom. The van der Waals surface area contributed by atoms with E-state index in [0.717, 1.165) is 5.56 Å². The molecular weight excluding hydrogens is 284 g/mol. The highest BCUT2D eigenvalue weighted by molar-refractivity contribution is 5.87. The summed E-state index contributed by atoms with van der Waals surface area (Å²) in [7, 11) is 0. The number of nitrogens with one attached hydrogen (secondary N) is 1. The fraction of sp³-hybridized carbons (Fsp3) is 0.133. The van der Waals surface area contributed by atoms with Crippen LogP contribution < -0.4 is 11.3 Å². The maximum absolute atomic E-state index is 12.3. The molecule has 2 heterocycles. The molecule has 0 atom stereocenters. The average molecular weight is 298 g/mol. The minimum atomic E-state index is -0.956. The number of benzene rings is 1. The van der Waals surface area contributed by atoms with E-state index < -0.39 is 5.97 Å². The summed E-state index contributed by atoms with van der Waals surface area (Å²) in [6.45, 7) is 0.458. The Morgan fingerprint density at radius 1 is 1.32 bits per heavy atom. The lowest BCUT2D eigenvalue weighted by Crippen LogP contribution is -2.21. The molecule has 0 aliphatic carbocycles. The first kappa shape index (κ1) is 13.9. The molecule has 3 rings (SSSR count). The van der Waals surface area contributed by atoms with E-state index in [2.05, 4.69) is 9.97 Å². The summed E-state index contributed by atoms with van der Waals surface area (Å²) >= 11 is 0. The highest BCUT2D eigenvalue weighted by Crippen LogP contribution is 2.10. The van der Waals surface area contributed by atoms with Gasteiger partial charge in [-0.2, -0.15) is 0 Å². The third-order valence-corrected chi connectivity index (χ3v) is 3.48. The van der Waals surface area contributed by atoms with Gasteiger partial charge in [0.1, 0.15) is 11.5 Å². The Hall–Kier alpha value is -3.09. The molecule has 0 unspecified atom stereocenters. The fourth-order valence-corrected chi connectivity index (χ4v) is 2.29. The van der Waals surface area contributed by atoms with Gasteiger partial charge >= 0.3 is 5.97 Å². The van der Waals surface area contributed by atoms with Crippen LogP contribution in [0, 0.1) is 0 Å². The summed E-state index contributed by atoms with van der Waals surface area (Å²) in [6, 6.07) is 8.16. The molecule has 0 fully saturated rings. The Balaban J connectivity index is 1.80. The first-order valence-corrected chi connectivity index (χ1v) is 6.70. The molecule has 7 heteroatoms. The van der Waals surface area contributed by atoms with E-state index in [-0.39, 0.29) is 11.1 Å². The van der Waals surface area contributed by atoms with E-state index in [1.54, 1.807) is 30.3 Å². The number of H-pyrrole nitrogens is 1. The number of carboxylic acid groups (broad SMARTS) is 1. The molecule has 4 N–H and O–H groups in total. The number of carboxylic acids is 1. The van der Waals surface area contributed by atoms with Crippen molar-refractivity contribution in [2.24, 2.45) is 0 Å². The molecule has 0 bridgehead atoms. The number of carbonyl (C=O) groups is 1. The summed E-state index contributed by atoms with van der Waals surface area (Å²) < 4.78 is 1.51. The van der Waals surface area contributed by atoms with Gasteiger partial charge < -0.3 is 15.8 Å². The molecule has 0 aliphatic heterocycles. The fourth-order valence-electron chi connectivity index (χ4n) is 2.29. The topological polar surface area (TPSA) is 114 Å². The van der Waals surface area contributed by atoms with Crippen LogP contribution in [0.25, 0.3) is 11.0 Å². The molecule has 7 nitrogen and oxygen atoms in total. The quantitative estimate of drug-likeness (QED) is 0.670. The van der Waals surface area contributed by atoms with Gasteiger partial charge in [0.25, 0.3) is 5.56 Å². The summed E-state index contributed by atoms with van der Waals surface area (Å²) in [5.74, 6) is -0.552. The Bertz CT molecular complexity index is 893. The maximum atomic E-state index is 12.3. The molecule has 0 saturated carbocycles. The first-order valence-electron chi connectivity index (χ1n) is 6.70. The van der Waals surface area contributed by atoms with Crippen LogP contribution in [0.1, 0.15) is 15.9 Å². The van der Waals surface area contributed by atoms with Crippen LogP contribution in [0.15, 0.2) is 41.5 Å². The average Bonchev–Trinajstić information content (AvgIpc) is 2.88. The van der Waals surface area contributed by atoms with Crippen molar-refractivity contribution in [3.63, 3.8) is 0 Å². The van der Waals surface area contributed by atoms with E-state index in [1.165, 1.54) is 10.9 Å². The SMILES string of the molecule is Nc1cc2c(=O)n(CCc3ccc(C(=O)O)cc3)cnc2[nH]1. The molecule has 3 aromatic rings. The summed E-state index contributed by atoms with van der Waals surface area (Å²) in [5, 5.41) is 9.32. The molecule has 0 aliphatic rings. The largest absolute Gasteiger partial charge is 0.478 e. The standard InChI is InChI=1S/C15H14N4O3/c16-12-7-11-13(18-12)17-8-19(14(11)20)6-5-9-1-3-10(4-2-9)15(21)22/h1-4,7-8,18H,5-6,16H2,(H,21,22). The van der Waals surface area contributed by atoms with Crippen molar-refractivity contribution < 1.29 is 9.90 Å². The van der Waals surface area contributed by atoms with Crippen LogP contribution in [0.4, 0.5) is 5.82 Å². The smallest absolute Gasteiger partial charge is 0.335 e. The molecule has 0 amide bonds. The van der Waals surface area contributed by atoms with Gasteiger partial charge in [-0.3, -0.25) is 9.36 Å². The molecule has 1 aromatic carbocycles. The molecule has 22 heavy (non-hydrogen) atoms. The number of fused-ring (bicyclic) bond motifs is 1. The second kappa shape index (κ2) is 5.36. The van der Waals surface area contributed by atoms with Gasteiger partial charge in [-0.25, -0.2) is 9.78 Å². The normalized spacial score (nSPS) is 10.9. The van der Waals surface area contributed by atoms with E-state index >= 15 is 0 Å². The Labute approximate surface area is 125 Å². The summed E-state index contributed by atoms with van der Waals surface area (Å²) in [4.78, 5) is 30.0. The molecule has 2 aromatic heterocycles. The summed E-state index contributed by atoms with van der Waals surface area (Å²) in [6.07, 6.45) is 2.08. The molecule has 0 radical (unpaired) electrons. The van der Waals surface area contributed by atoms with Crippen molar-refractivity contribution in [1.82, 2.24) is 14.5 Å². The summed E-state index contributed by atoms with van der Waals surface area (Å²) in [5.41, 5.74) is 7.14. The minimum absolute atomic E-state index is 0.153. The van der Waals surface area contributed by atoms with Gasteiger partial charge in [0.2, 0.25) is 0 Å². The van der Waals surface area contributed by atoms with Crippen molar-refractivity contribution in [1.29, 1.82) is 0 Å². The zero-order valence-electron chi connectivity index (χ0n) is 11.6. The van der Waals surface area contributed by atoms with Gasteiger partial charge in [-0.15, -0.1) is 0 Å². The van der Waals surface area contributed by atoms with Gasteiger partial charge in [-0.1, -0.05) is 12.1 Å². The van der Waals surface area contributed by atoms with Crippen molar-refractivity contribution >= 4 is 22.8 Å². The third kappa shape index (κ3) is 2.56. The first-order chi connectivity index (χ1) is 10.5. The van der Waals surface area contributed by atoms with Crippen LogP contribution in [-0.4, -0.2) is 25.6 Å². The van der Waals surface area contributed by atoms with Gasteiger partial charge in [0.05, 0.1) is 17.3 Å². The van der Waals surface area contributed by atoms with Gasteiger partial charge in [0.15, 0.2) is 0 Å². The number of nitrogens with two attached hydrogens (primary N) is 1. The second-order valence-electron chi connectivity index (χ2n) is 4.98. The third-order valence-electron chi connectivity index (χ3n) is 3.48. The Morgan fingerprint density at radius 3 is 2.73 bits per heavy atom. The predicted molar refractivity (Wildman–Crippen MR) is 81.9 cm³/mol. The Kier molecular flexibility index (Phi) is 3.38. The van der Waals surface area contributed by atoms with E-state index in [4.69, 9.17) is 10.8 Å². The second-order valence-corrected chi connectivity index (χ2v) is 4.98. The zero-order valence-corrected chi connectivity index (χ0v) is 11.6. The highest BCUT2D eigenvalue weighted by Gasteiger charge is 2.07. The lowest BCUT2D eigenvalue weighted by Gasteiger charge is -2.05. The van der Waals surface area contributed by atoms with E-state index in [1.807, 2.05) is 0 Å². The maximum Gasteiger partial charge on any atom is 0.335 e. The van der Waals surface area contributed by atoms with Gasteiger partial charge in [0, 0.05) is 6.54 Å². The van der Waals surface area contributed by atoms with E-state index in [0.29, 0.717) is 29.8 Å². The number of rotatable bonds is 4. The van der Waals surface area contributed by atoms with Crippen LogP contribution in [0.5, 0.6) is 0 Å². The number of hydrogen-bond acceptors (Lipinski definition) is 4. The number of aromatic amines is 1. The lowest BCUT2D eigenvalue weighted by atomic mass is 10.1. The van der Waals surface area contributed by atoms with Crippen LogP contribution in [-0.2, 0) is 13.0 Å². The molecule has 0 spiro atoms. The predicted octanol–water partition coefficient (Wildman–Crippen LogP) is 1.25. The number of nitrogen functional groups attached to an aromatic ring is 1. The van der Waals surface area contributed by atoms with Crippen molar-refractivity contribution in [3.05, 3.63) is 58.1 Å². The van der Waals surface area contributed by atoms with Crippen molar-refractivity contribution in [2.75, 3.05) is 5.73 Å². The lowest BCUT2D eigenvalue weighted by molar-refractivity contribution is 0.0697. The number of hydrogen-bond donors (Lipinski definition) is 3. The molecule has 0 saturated heterocycles. The monoisotopic (exact) mass is 298 g/mol. The number of aromatic carboxylic acids is 1. The van der Waals surface area contributed by atoms with E-state index in [9.17, 15) is 9.59 Å². The molecular formula is C15H14N4O3. The van der Waals surface area contributed by atoms with Crippen LogP contribution in [0.3, 0.4) is 0 Å². The van der Waals surface area contributed by atoms with Gasteiger partial charge in [-0.05, 0) is 30.2 Å². The minimum Gasteiger partial charge on any atom is -0.478 e. The van der Waals surface area contributed by atoms with Crippen LogP contribution in [0.2, 0.25) is 0 Å². The van der Waals surface area contributed by atoms with Crippen molar-refractivity contribution in [2.45, 2.75) is 13.0 Å².